The first-order chi connectivity index (χ1) is 15.0. The summed E-state index contributed by atoms with van der Waals surface area (Å²) in [6.45, 7) is 6.58. The van der Waals surface area contributed by atoms with Crippen molar-refractivity contribution >= 4 is 10.8 Å². The smallest absolute Gasteiger partial charge is 0.213 e. The van der Waals surface area contributed by atoms with E-state index < -0.39 is 0 Å². The zero-order chi connectivity index (χ0) is 21.5. The molecule has 0 unspecified atom stereocenters. The van der Waals surface area contributed by atoms with Crippen molar-refractivity contribution in [2.75, 3.05) is 0 Å². The van der Waals surface area contributed by atoms with Crippen LogP contribution < -0.4 is 4.57 Å². The van der Waals surface area contributed by atoms with E-state index in [1.54, 1.807) is 0 Å². The lowest BCUT2D eigenvalue weighted by atomic mass is 9.95. The second-order valence-electron chi connectivity index (χ2n) is 9.14. The lowest BCUT2D eigenvalue weighted by Gasteiger charge is -2.12. The zero-order valence-electron chi connectivity index (χ0n) is 18.9. The number of rotatable bonds is 3. The molecule has 2 aromatic carbocycles. The summed E-state index contributed by atoms with van der Waals surface area (Å²) in [7, 11) is 2.14. The van der Waals surface area contributed by atoms with Crippen LogP contribution in [-0.2, 0) is 7.05 Å². The highest BCUT2D eigenvalue weighted by molar-refractivity contribution is 5.96. The number of aryl methyl sites for hydroxylation is 3. The van der Waals surface area contributed by atoms with E-state index in [1.165, 1.54) is 70.0 Å². The molecule has 2 heterocycles. The molecule has 5 rings (SSSR count). The monoisotopic (exact) mass is 408 g/mol. The largest absolute Gasteiger partial charge is 0.240 e. The van der Waals surface area contributed by atoms with Crippen molar-refractivity contribution in [3.05, 3.63) is 77.5 Å². The number of nitrogens with zero attached hydrogens (tertiary/aromatic N) is 3. The van der Waals surface area contributed by atoms with Crippen LogP contribution >= 0.6 is 0 Å². The van der Waals surface area contributed by atoms with Gasteiger partial charge < -0.3 is 0 Å². The molecule has 0 bridgehead atoms. The fourth-order valence-corrected chi connectivity index (χ4v) is 5.06. The number of aromatic nitrogens is 3. The molecule has 1 aliphatic carbocycles. The fourth-order valence-electron chi connectivity index (χ4n) is 5.06. The molecular weight excluding hydrogens is 378 g/mol. The normalized spacial score (nSPS) is 14.5. The zero-order valence-corrected chi connectivity index (χ0v) is 18.9. The van der Waals surface area contributed by atoms with Crippen LogP contribution in [0, 0.1) is 20.8 Å². The highest BCUT2D eigenvalue weighted by Gasteiger charge is 2.20. The highest BCUT2D eigenvalue weighted by Crippen LogP contribution is 2.34. The minimum Gasteiger partial charge on any atom is -0.240 e. The van der Waals surface area contributed by atoms with Gasteiger partial charge in [-0.3, -0.25) is 0 Å². The summed E-state index contributed by atoms with van der Waals surface area (Å²) >= 11 is 0. The Hall–Kier alpha value is -3.07. The van der Waals surface area contributed by atoms with Gasteiger partial charge in [-0.2, -0.15) is 0 Å². The van der Waals surface area contributed by atoms with Crippen LogP contribution in [0.15, 0.2) is 55.0 Å². The maximum absolute atomic E-state index is 4.74. The van der Waals surface area contributed by atoms with E-state index >= 15 is 0 Å². The van der Waals surface area contributed by atoms with Crippen LogP contribution in [0.3, 0.4) is 0 Å². The van der Waals surface area contributed by atoms with Gasteiger partial charge >= 0.3 is 0 Å². The maximum Gasteiger partial charge on any atom is 0.213 e. The van der Waals surface area contributed by atoms with E-state index in [-0.39, 0.29) is 0 Å². The lowest BCUT2D eigenvalue weighted by Crippen LogP contribution is -2.30. The van der Waals surface area contributed by atoms with E-state index in [4.69, 9.17) is 9.97 Å². The Morgan fingerprint density at radius 1 is 0.903 bits per heavy atom. The highest BCUT2D eigenvalue weighted by atomic mass is 14.9. The summed E-state index contributed by atoms with van der Waals surface area (Å²) in [6.07, 6.45) is 11.3. The summed E-state index contributed by atoms with van der Waals surface area (Å²) < 4.78 is 2.25. The predicted molar refractivity (Wildman–Crippen MR) is 127 cm³/mol. The average Bonchev–Trinajstić information content (AvgIpc) is 3.31. The molecule has 0 radical (unpaired) electrons. The number of benzene rings is 2. The first-order valence-electron chi connectivity index (χ1n) is 11.3. The second kappa shape index (κ2) is 7.88. The molecule has 0 spiro atoms. The molecule has 0 saturated heterocycles. The molecule has 3 nitrogen and oxygen atoms in total. The minimum absolute atomic E-state index is 0.544. The van der Waals surface area contributed by atoms with Crippen molar-refractivity contribution in [1.82, 2.24) is 9.97 Å². The third-order valence-electron chi connectivity index (χ3n) is 6.93. The number of fused-ring (bicyclic) bond motifs is 1. The SMILES string of the molecule is Cc1cc(C)c(C)c(-c2cc3cccc(-c4cnc(C5CCCC5)nc4)c3c[n+]2C)c1. The van der Waals surface area contributed by atoms with Crippen molar-refractivity contribution in [2.24, 2.45) is 7.05 Å². The van der Waals surface area contributed by atoms with Gasteiger partial charge in [-0.15, -0.1) is 0 Å². The molecule has 1 saturated carbocycles. The second-order valence-corrected chi connectivity index (χ2v) is 9.14. The van der Waals surface area contributed by atoms with Crippen molar-refractivity contribution in [1.29, 1.82) is 0 Å². The van der Waals surface area contributed by atoms with Crippen LogP contribution in [0.5, 0.6) is 0 Å². The van der Waals surface area contributed by atoms with E-state index in [0.29, 0.717) is 5.92 Å². The molecule has 1 fully saturated rings. The molecule has 3 heteroatoms. The Kier molecular flexibility index (Phi) is 5.05. The van der Waals surface area contributed by atoms with Crippen LogP contribution in [0.2, 0.25) is 0 Å². The number of hydrogen-bond donors (Lipinski definition) is 0. The maximum atomic E-state index is 4.74. The third-order valence-corrected chi connectivity index (χ3v) is 6.93. The standard InChI is InChI=1S/C28H30N3/c1-18-12-19(2)20(3)25(13-18)27-14-22-10-7-11-24(26(22)17-31(27)4)23-15-29-28(30-16-23)21-8-5-6-9-21/h7,10-17,21H,5-6,8-9H2,1-4H3/q+1. The molecule has 0 atom stereocenters. The molecule has 4 aromatic rings. The molecule has 0 aliphatic heterocycles. The van der Waals surface area contributed by atoms with Crippen molar-refractivity contribution in [2.45, 2.75) is 52.4 Å². The van der Waals surface area contributed by atoms with E-state index in [9.17, 15) is 0 Å². The van der Waals surface area contributed by atoms with Crippen LogP contribution in [-0.4, -0.2) is 9.97 Å². The van der Waals surface area contributed by atoms with Crippen LogP contribution in [0.25, 0.3) is 33.2 Å². The van der Waals surface area contributed by atoms with E-state index in [0.717, 1.165) is 11.4 Å². The lowest BCUT2D eigenvalue weighted by molar-refractivity contribution is -0.659. The van der Waals surface area contributed by atoms with Crippen LogP contribution in [0.4, 0.5) is 0 Å². The number of hydrogen-bond acceptors (Lipinski definition) is 2. The van der Waals surface area contributed by atoms with E-state index in [2.05, 4.69) is 75.0 Å². The van der Waals surface area contributed by atoms with Gasteiger partial charge in [0.25, 0.3) is 0 Å². The molecule has 31 heavy (non-hydrogen) atoms. The molecule has 0 N–H and O–H groups in total. The summed E-state index contributed by atoms with van der Waals surface area (Å²) in [5.41, 5.74) is 8.79. The predicted octanol–water partition coefficient (Wildman–Crippen LogP) is 6.37. The first kappa shape index (κ1) is 19.9. The van der Waals surface area contributed by atoms with E-state index in [1.807, 2.05) is 12.4 Å². The summed E-state index contributed by atoms with van der Waals surface area (Å²) in [6, 6.07) is 13.4. The fraction of sp³-hybridized carbons (Fsp3) is 0.321. The average molecular weight is 409 g/mol. The Bertz CT molecular complexity index is 1270. The van der Waals surface area contributed by atoms with Gasteiger partial charge in [0.15, 0.2) is 6.20 Å². The molecule has 1 aliphatic rings. The van der Waals surface area contributed by atoms with Gasteiger partial charge in [0.1, 0.15) is 12.9 Å². The molecular formula is C28H30N3+. The molecule has 0 amide bonds. The number of pyridine rings is 1. The van der Waals surface area contributed by atoms with Gasteiger partial charge in [-0.05, 0) is 61.8 Å². The van der Waals surface area contributed by atoms with Gasteiger partial charge in [-0.1, -0.05) is 42.7 Å². The van der Waals surface area contributed by atoms with Crippen molar-refractivity contribution < 1.29 is 4.57 Å². The Balaban J connectivity index is 1.60. The Morgan fingerprint density at radius 2 is 1.65 bits per heavy atom. The summed E-state index contributed by atoms with van der Waals surface area (Å²) in [5, 5.41) is 2.47. The van der Waals surface area contributed by atoms with Crippen LogP contribution in [0.1, 0.15) is 54.1 Å². The van der Waals surface area contributed by atoms with Gasteiger partial charge in [0.05, 0.1) is 5.39 Å². The molecule has 2 aromatic heterocycles. The Labute approximate surface area is 184 Å². The molecule has 156 valence electrons. The Morgan fingerprint density at radius 3 is 2.39 bits per heavy atom. The van der Waals surface area contributed by atoms with Crippen molar-refractivity contribution in [3.8, 4) is 22.4 Å². The quantitative estimate of drug-likeness (QED) is 0.369. The third kappa shape index (κ3) is 3.63. The topological polar surface area (TPSA) is 29.7 Å². The summed E-state index contributed by atoms with van der Waals surface area (Å²) in [4.78, 5) is 9.49. The van der Waals surface area contributed by atoms with Crippen molar-refractivity contribution in [3.63, 3.8) is 0 Å². The van der Waals surface area contributed by atoms with Gasteiger partial charge in [0, 0.05) is 35.5 Å². The van der Waals surface area contributed by atoms with Gasteiger partial charge in [-0.25, -0.2) is 14.5 Å². The minimum atomic E-state index is 0.544. The van der Waals surface area contributed by atoms with Gasteiger partial charge in [0.2, 0.25) is 5.69 Å². The summed E-state index contributed by atoms with van der Waals surface area (Å²) in [5.74, 6) is 1.56. The first-order valence-corrected chi connectivity index (χ1v) is 11.3.